The average Bonchev–Trinajstić information content (AvgIpc) is 2.33. The van der Waals surface area contributed by atoms with E-state index in [4.69, 9.17) is 11.6 Å². The monoisotopic (exact) mass is 295 g/mol. The van der Waals surface area contributed by atoms with Gasteiger partial charge in [-0.25, -0.2) is 0 Å². The third kappa shape index (κ3) is 2.83. The van der Waals surface area contributed by atoms with Gasteiger partial charge in [0.2, 0.25) is 0 Å². The van der Waals surface area contributed by atoms with Crippen molar-refractivity contribution in [2.75, 3.05) is 0 Å². The van der Waals surface area contributed by atoms with Gasteiger partial charge in [-0.05, 0) is 35.7 Å². The zero-order valence-corrected chi connectivity index (χ0v) is 10.9. The first-order valence-corrected chi connectivity index (χ1v) is 6.34. The van der Waals surface area contributed by atoms with Crippen LogP contribution in [0.3, 0.4) is 0 Å². The molecule has 1 nitrogen and oxygen atoms in total. The summed E-state index contributed by atoms with van der Waals surface area (Å²) in [5, 5.41) is 0.820. The van der Waals surface area contributed by atoms with Crippen LogP contribution in [0.25, 0.3) is 0 Å². The number of aromatic nitrogens is 1. The lowest BCUT2D eigenvalue weighted by Crippen LogP contribution is -1.96. The van der Waals surface area contributed by atoms with Crippen LogP contribution in [-0.4, -0.2) is 4.98 Å². The van der Waals surface area contributed by atoms with E-state index in [0.717, 1.165) is 17.0 Å². The molecule has 1 aromatic heterocycles. The van der Waals surface area contributed by atoms with E-state index in [1.807, 2.05) is 30.3 Å². The number of halogens is 2. The van der Waals surface area contributed by atoms with Crippen LogP contribution in [0.2, 0.25) is 5.02 Å². The summed E-state index contributed by atoms with van der Waals surface area (Å²) in [5.74, 6) is 0. The van der Waals surface area contributed by atoms with Gasteiger partial charge in [-0.15, -0.1) is 0 Å². The Morgan fingerprint density at radius 2 is 1.81 bits per heavy atom. The Kier molecular flexibility index (Phi) is 3.97. The lowest BCUT2D eigenvalue weighted by Gasteiger charge is -2.10. The first kappa shape index (κ1) is 11.6. The summed E-state index contributed by atoms with van der Waals surface area (Å²) >= 11 is 9.79. The molecule has 0 aliphatic heterocycles. The third-order valence-electron chi connectivity index (χ3n) is 2.42. The molecule has 2 rings (SSSR count). The molecule has 0 N–H and O–H groups in total. The number of hydrogen-bond acceptors (Lipinski definition) is 1. The number of pyridine rings is 1. The summed E-state index contributed by atoms with van der Waals surface area (Å²) in [7, 11) is 0. The topological polar surface area (TPSA) is 12.9 Å². The highest BCUT2D eigenvalue weighted by Crippen LogP contribution is 2.29. The van der Waals surface area contributed by atoms with Crippen molar-refractivity contribution >= 4 is 27.5 Å². The van der Waals surface area contributed by atoms with E-state index in [9.17, 15) is 0 Å². The molecule has 1 unspecified atom stereocenters. The van der Waals surface area contributed by atoms with E-state index in [1.165, 1.54) is 5.56 Å². The molecule has 0 fully saturated rings. The van der Waals surface area contributed by atoms with E-state index in [2.05, 4.69) is 27.0 Å². The molecular formula is C13H11BrClN. The normalized spacial score (nSPS) is 12.4. The highest BCUT2D eigenvalue weighted by atomic mass is 79.9. The largest absolute Gasteiger partial charge is 0.265 e. The molecule has 16 heavy (non-hydrogen) atoms. The first-order valence-electron chi connectivity index (χ1n) is 5.05. The highest BCUT2D eigenvalue weighted by molar-refractivity contribution is 9.09. The maximum atomic E-state index is 6.12. The molecule has 0 radical (unpaired) electrons. The molecule has 1 heterocycles. The van der Waals surface area contributed by atoms with Crippen molar-refractivity contribution in [3.63, 3.8) is 0 Å². The number of rotatable bonds is 3. The second-order valence-corrected chi connectivity index (χ2v) is 5.06. The van der Waals surface area contributed by atoms with Gasteiger partial charge in [0.25, 0.3) is 0 Å². The minimum Gasteiger partial charge on any atom is -0.265 e. The van der Waals surface area contributed by atoms with Crippen molar-refractivity contribution in [3.8, 4) is 0 Å². The minimum absolute atomic E-state index is 0.274. The quantitative estimate of drug-likeness (QED) is 0.764. The van der Waals surface area contributed by atoms with Crippen molar-refractivity contribution in [2.45, 2.75) is 11.2 Å². The molecule has 2 aromatic rings. The Balaban J connectivity index is 2.14. The average molecular weight is 297 g/mol. The summed E-state index contributed by atoms with van der Waals surface area (Å²) < 4.78 is 0. The van der Waals surface area contributed by atoms with Gasteiger partial charge >= 0.3 is 0 Å². The van der Waals surface area contributed by atoms with Crippen LogP contribution in [-0.2, 0) is 6.42 Å². The number of alkyl halides is 1. The number of hydrogen-bond donors (Lipinski definition) is 0. The maximum Gasteiger partial charge on any atom is 0.0438 e. The van der Waals surface area contributed by atoms with Gasteiger partial charge in [-0.3, -0.25) is 4.98 Å². The van der Waals surface area contributed by atoms with Gasteiger partial charge in [-0.2, -0.15) is 0 Å². The van der Waals surface area contributed by atoms with E-state index >= 15 is 0 Å². The van der Waals surface area contributed by atoms with Crippen LogP contribution >= 0.6 is 27.5 Å². The molecule has 1 aromatic carbocycles. The smallest absolute Gasteiger partial charge is 0.0438 e. The van der Waals surface area contributed by atoms with Gasteiger partial charge in [0.15, 0.2) is 0 Å². The Morgan fingerprint density at radius 1 is 1.12 bits per heavy atom. The summed E-state index contributed by atoms with van der Waals surface area (Å²) in [6, 6.07) is 11.9. The molecule has 3 heteroatoms. The second-order valence-electron chi connectivity index (χ2n) is 3.54. The fourth-order valence-corrected chi connectivity index (χ4v) is 2.41. The molecule has 1 atom stereocenters. The molecule has 82 valence electrons. The fraction of sp³-hybridized carbons (Fsp3) is 0.154. The first-order chi connectivity index (χ1) is 7.77. The maximum absolute atomic E-state index is 6.12. The van der Waals surface area contributed by atoms with E-state index in [1.54, 1.807) is 12.4 Å². The van der Waals surface area contributed by atoms with E-state index < -0.39 is 0 Å². The van der Waals surface area contributed by atoms with Crippen molar-refractivity contribution in [2.24, 2.45) is 0 Å². The van der Waals surface area contributed by atoms with Gasteiger partial charge in [-0.1, -0.05) is 45.7 Å². The zero-order chi connectivity index (χ0) is 11.4. The van der Waals surface area contributed by atoms with Gasteiger partial charge in [0, 0.05) is 22.2 Å². The van der Waals surface area contributed by atoms with Crippen LogP contribution in [0.4, 0.5) is 0 Å². The summed E-state index contributed by atoms with van der Waals surface area (Å²) in [6.07, 6.45) is 4.48. The summed E-state index contributed by atoms with van der Waals surface area (Å²) in [6.45, 7) is 0. The standard InChI is InChI=1S/C13H11BrClN/c14-12(10-5-7-16-8-6-10)9-11-3-1-2-4-13(11)15/h1-8,12H,9H2. The molecule has 0 bridgehead atoms. The van der Waals surface area contributed by atoms with Crippen LogP contribution in [0.5, 0.6) is 0 Å². The lowest BCUT2D eigenvalue weighted by atomic mass is 10.1. The highest BCUT2D eigenvalue weighted by Gasteiger charge is 2.09. The van der Waals surface area contributed by atoms with Crippen molar-refractivity contribution in [3.05, 3.63) is 64.9 Å². The van der Waals surface area contributed by atoms with Gasteiger partial charge < -0.3 is 0 Å². The number of nitrogens with zero attached hydrogens (tertiary/aromatic N) is 1. The van der Waals surface area contributed by atoms with Crippen LogP contribution in [0.15, 0.2) is 48.8 Å². The lowest BCUT2D eigenvalue weighted by molar-refractivity contribution is 0.944. The Morgan fingerprint density at radius 3 is 2.50 bits per heavy atom. The van der Waals surface area contributed by atoms with Crippen molar-refractivity contribution in [1.29, 1.82) is 0 Å². The Labute approximate surface area is 109 Å². The van der Waals surface area contributed by atoms with E-state index in [0.29, 0.717) is 0 Å². The molecule has 0 saturated carbocycles. The van der Waals surface area contributed by atoms with Gasteiger partial charge in [0.1, 0.15) is 0 Å². The minimum atomic E-state index is 0.274. The van der Waals surface area contributed by atoms with Crippen molar-refractivity contribution < 1.29 is 0 Å². The third-order valence-corrected chi connectivity index (χ3v) is 3.65. The van der Waals surface area contributed by atoms with Crippen LogP contribution in [0, 0.1) is 0 Å². The van der Waals surface area contributed by atoms with Crippen molar-refractivity contribution in [1.82, 2.24) is 4.98 Å². The van der Waals surface area contributed by atoms with Gasteiger partial charge in [0.05, 0.1) is 0 Å². The summed E-state index contributed by atoms with van der Waals surface area (Å²) in [5.41, 5.74) is 2.37. The van der Waals surface area contributed by atoms with E-state index in [-0.39, 0.29) is 4.83 Å². The van der Waals surface area contributed by atoms with Crippen LogP contribution in [0.1, 0.15) is 16.0 Å². The Hall–Kier alpha value is -0.860. The fourth-order valence-electron chi connectivity index (χ4n) is 1.55. The predicted octanol–water partition coefficient (Wildman–Crippen LogP) is 4.41. The SMILES string of the molecule is Clc1ccccc1CC(Br)c1ccncc1. The number of benzene rings is 1. The molecule has 0 saturated heterocycles. The molecule has 0 aliphatic carbocycles. The Bertz CT molecular complexity index is 458. The molecular weight excluding hydrogens is 286 g/mol. The second kappa shape index (κ2) is 5.46. The summed E-state index contributed by atoms with van der Waals surface area (Å²) in [4.78, 5) is 4.28. The molecule has 0 aliphatic rings. The molecule has 0 spiro atoms. The predicted molar refractivity (Wildman–Crippen MR) is 71.1 cm³/mol. The molecule has 0 amide bonds. The van der Waals surface area contributed by atoms with Crippen LogP contribution < -0.4 is 0 Å². The zero-order valence-electron chi connectivity index (χ0n) is 8.61.